The van der Waals surface area contributed by atoms with E-state index in [1.165, 1.54) is 0 Å². The summed E-state index contributed by atoms with van der Waals surface area (Å²) >= 11 is 0. The number of benzene rings is 1. The summed E-state index contributed by atoms with van der Waals surface area (Å²) in [5.41, 5.74) is 2.25. The first-order valence-corrected chi connectivity index (χ1v) is 8.08. The van der Waals surface area contributed by atoms with Gasteiger partial charge in [-0.25, -0.2) is 0 Å². The first-order valence-electron chi connectivity index (χ1n) is 8.08. The number of hydrogen-bond donors (Lipinski definition) is 1. The lowest BCUT2D eigenvalue weighted by atomic mass is 10.0. The lowest BCUT2D eigenvalue weighted by molar-refractivity contribution is -0.127. The van der Waals surface area contributed by atoms with Crippen molar-refractivity contribution in [2.24, 2.45) is 0 Å². The molecule has 1 atom stereocenters. The summed E-state index contributed by atoms with van der Waals surface area (Å²) in [6, 6.07) is 6.14. The van der Waals surface area contributed by atoms with Crippen molar-refractivity contribution in [2.45, 2.75) is 53.1 Å². The third-order valence-corrected chi connectivity index (χ3v) is 3.43. The highest BCUT2D eigenvalue weighted by Gasteiger charge is 2.17. The third-order valence-electron chi connectivity index (χ3n) is 3.43. The Morgan fingerprint density at radius 2 is 2.00 bits per heavy atom. The number of amides is 1. The molecule has 4 heteroatoms. The van der Waals surface area contributed by atoms with Crippen LogP contribution in [-0.2, 0) is 9.53 Å². The molecule has 1 unspecified atom stereocenters. The molecule has 1 N–H and O–H groups in total. The number of hydrogen-bond acceptors (Lipinski definition) is 3. The molecular formula is C18H29NO3. The van der Waals surface area contributed by atoms with E-state index in [2.05, 4.69) is 31.3 Å². The van der Waals surface area contributed by atoms with Crippen LogP contribution in [0.15, 0.2) is 18.2 Å². The molecule has 0 fully saturated rings. The SMILES string of the molecule is CCOCCCNC(=O)C(C)Oc1cc(C)ccc1C(C)C. The number of rotatable bonds is 9. The molecule has 0 aliphatic heterocycles. The van der Waals surface area contributed by atoms with E-state index < -0.39 is 6.10 Å². The van der Waals surface area contributed by atoms with Gasteiger partial charge in [-0.3, -0.25) is 4.79 Å². The van der Waals surface area contributed by atoms with Crippen LogP contribution in [0.1, 0.15) is 51.2 Å². The van der Waals surface area contributed by atoms with Gasteiger partial charge >= 0.3 is 0 Å². The van der Waals surface area contributed by atoms with Crippen molar-refractivity contribution in [1.29, 1.82) is 0 Å². The zero-order chi connectivity index (χ0) is 16.5. The van der Waals surface area contributed by atoms with Gasteiger partial charge in [0.25, 0.3) is 5.91 Å². The van der Waals surface area contributed by atoms with Crippen molar-refractivity contribution in [2.75, 3.05) is 19.8 Å². The van der Waals surface area contributed by atoms with Gasteiger partial charge in [-0.1, -0.05) is 26.0 Å². The van der Waals surface area contributed by atoms with E-state index in [9.17, 15) is 4.79 Å². The van der Waals surface area contributed by atoms with Crippen LogP contribution in [0.2, 0.25) is 0 Å². The molecule has 0 aliphatic carbocycles. The van der Waals surface area contributed by atoms with E-state index >= 15 is 0 Å². The molecule has 1 rings (SSSR count). The molecule has 0 saturated carbocycles. The molecule has 0 aliphatic rings. The van der Waals surface area contributed by atoms with Crippen LogP contribution in [0, 0.1) is 6.92 Å². The molecule has 0 bridgehead atoms. The Bertz CT molecular complexity index is 471. The lowest BCUT2D eigenvalue weighted by Crippen LogP contribution is -2.37. The van der Waals surface area contributed by atoms with Gasteiger partial charge in [-0.05, 0) is 50.3 Å². The normalized spacial score (nSPS) is 12.3. The van der Waals surface area contributed by atoms with E-state index in [1.807, 2.05) is 19.9 Å². The maximum absolute atomic E-state index is 12.1. The third kappa shape index (κ3) is 6.06. The highest BCUT2D eigenvalue weighted by molar-refractivity contribution is 5.80. The molecule has 1 aromatic carbocycles. The number of carbonyl (C=O) groups excluding carboxylic acids is 1. The first kappa shape index (κ1) is 18.5. The summed E-state index contributed by atoms with van der Waals surface area (Å²) in [4.78, 5) is 12.1. The number of nitrogens with one attached hydrogen (secondary N) is 1. The first-order chi connectivity index (χ1) is 10.5. The van der Waals surface area contributed by atoms with E-state index in [0.29, 0.717) is 25.7 Å². The topological polar surface area (TPSA) is 47.6 Å². The van der Waals surface area contributed by atoms with E-state index in [-0.39, 0.29) is 5.91 Å². The summed E-state index contributed by atoms with van der Waals surface area (Å²) in [5, 5.41) is 2.88. The predicted octanol–water partition coefficient (Wildman–Crippen LogP) is 3.43. The van der Waals surface area contributed by atoms with Gasteiger partial charge in [0, 0.05) is 19.8 Å². The van der Waals surface area contributed by atoms with E-state index in [0.717, 1.165) is 23.3 Å². The summed E-state index contributed by atoms with van der Waals surface area (Å²) in [7, 11) is 0. The summed E-state index contributed by atoms with van der Waals surface area (Å²) < 4.78 is 11.1. The number of aryl methyl sites for hydroxylation is 1. The quantitative estimate of drug-likeness (QED) is 0.711. The zero-order valence-corrected chi connectivity index (χ0v) is 14.4. The van der Waals surface area contributed by atoms with E-state index in [1.54, 1.807) is 6.92 Å². The van der Waals surface area contributed by atoms with Gasteiger partial charge in [-0.15, -0.1) is 0 Å². The van der Waals surface area contributed by atoms with Crippen LogP contribution in [0.3, 0.4) is 0 Å². The van der Waals surface area contributed by atoms with Crippen molar-refractivity contribution >= 4 is 5.91 Å². The number of carbonyl (C=O) groups is 1. The van der Waals surface area contributed by atoms with Crippen molar-refractivity contribution in [3.05, 3.63) is 29.3 Å². The highest BCUT2D eigenvalue weighted by Crippen LogP contribution is 2.28. The van der Waals surface area contributed by atoms with Crippen LogP contribution >= 0.6 is 0 Å². The Morgan fingerprint density at radius 3 is 2.64 bits per heavy atom. The maximum atomic E-state index is 12.1. The molecule has 0 spiro atoms. The summed E-state index contributed by atoms with van der Waals surface area (Å²) in [5.74, 6) is 1.07. The Morgan fingerprint density at radius 1 is 1.27 bits per heavy atom. The minimum Gasteiger partial charge on any atom is -0.481 e. The minimum absolute atomic E-state index is 0.0901. The van der Waals surface area contributed by atoms with Gasteiger partial charge in [0.05, 0.1) is 0 Å². The fourth-order valence-corrected chi connectivity index (χ4v) is 2.14. The standard InChI is InChI=1S/C18H29NO3/c1-6-21-11-7-10-19-18(20)15(5)22-17-12-14(4)8-9-16(17)13(2)3/h8-9,12-13,15H,6-7,10-11H2,1-5H3,(H,19,20). The minimum atomic E-state index is -0.508. The smallest absolute Gasteiger partial charge is 0.260 e. The van der Waals surface area contributed by atoms with Gasteiger partial charge in [0.1, 0.15) is 5.75 Å². The molecule has 124 valence electrons. The fraction of sp³-hybridized carbons (Fsp3) is 0.611. The molecule has 22 heavy (non-hydrogen) atoms. The van der Waals surface area contributed by atoms with Crippen LogP contribution < -0.4 is 10.1 Å². The number of ether oxygens (including phenoxy) is 2. The highest BCUT2D eigenvalue weighted by atomic mass is 16.5. The Balaban J connectivity index is 2.55. The van der Waals surface area contributed by atoms with Crippen LogP contribution in [0.5, 0.6) is 5.75 Å². The van der Waals surface area contributed by atoms with Crippen molar-refractivity contribution in [3.63, 3.8) is 0 Å². The fourth-order valence-electron chi connectivity index (χ4n) is 2.14. The molecule has 0 radical (unpaired) electrons. The van der Waals surface area contributed by atoms with Gasteiger partial charge in [0.15, 0.2) is 6.10 Å². The monoisotopic (exact) mass is 307 g/mol. The van der Waals surface area contributed by atoms with E-state index in [4.69, 9.17) is 9.47 Å². The van der Waals surface area contributed by atoms with Crippen LogP contribution in [0.4, 0.5) is 0 Å². The van der Waals surface area contributed by atoms with Crippen molar-refractivity contribution < 1.29 is 14.3 Å². The maximum Gasteiger partial charge on any atom is 0.260 e. The second kappa shape index (κ2) is 9.46. The van der Waals surface area contributed by atoms with Gasteiger partial charge < -0.3 is 14.8 Å². The Kier molecular flexibility index (Phi) is 7.96. The van der Waals surface area contributed by atoms with Gasteiger partial charge in [-0.2, -0.15) is 0 Å². The Labute approximate surface area is 134 Å². The molecule has 0 aromatic heterocycles. The second-order valence-corrected chi connectivity index (χ2v) is 5.80. The van der Waals surface area contributed by atoms with Crippen molar-refractivity contribution in [3.8, 4) is 5.75 Å². The zero-order valence-electron chi connectivity index (χ0n) is 14.4. The predicted molar refractivity (Wildman–Crippen MR) is 89.5 cm³/mol. The molecule has 1 aromatic rings. The van der Waals surface area contributed by atoms with Crippen LogP contribution in [-0.4, -0.2) is 31.8 Å². The Hall–Kier alpha value is -1.55. The second-order valence-electron chi connectivity index (χ2n) is 5.80. The molecule has 4 nitrogen and oxygen atoms in total. The molecule has 0 saturated heterocycles. The largest absolute Gasteiger partial charge is 0.481 e. The molecule has 1 amide bonds. The molecule has 0 heterocycles. The van der Waals surface area contributed by atoms with Crippen molar-refractivity contribution in [1.82, 2.24) is 5.32 Å². The lowest BCUT2D eigenvalue weighted by Gasteiger charge is -2.19. The van der Waals surface area contributed by atoms with Gasteiger partial charge in [0.2, 0.25) is 0 Å². The van der Waals surface area contributed by atoms with Crippen LogP contribution in [0.25, 0.3) is 0 Å². The summed E-state index contributed by atoms with van der Waals surface area (Å²) in [6.07, 6.45) is 0.306. The average Bonchev–Trinajstić information content (AvgIpc) is 2.46. The average molecular weight is 307 g/mol. The summed E-state index contributed by atoms with van der Waals surface area (Å²) in [6.45, 7) is 12.0. The molecular weight excluding hydrogens is 278 g/mol.